The lowest BCUT2D eigenvalue weighted by Gasteiger charge is -2.33. The molecule has 2 aromatic heterocycles. The number of morpholine rings is 1. The van der Waals surface area contributed by atoms with E-state index in [1.807, 2.05) is 24.3 Å². The standard InChI is InChI=1S/C18H16ClN5O2/c19-15-3-1-13(2-4-15)16-10-23(7-8-26-16)18(25)14-5-6-20-17(9-14)24-11-21-22-12-24/h1-6,9,11-12,16H,7-8,10H2/t16-/m1/s1. The minimum absolute atomic E-state index is 0.0519. The summed E-state index contributed by atoms with van der Waals surface area (Å²) >= 11 is 5.94. The number of amides is 1. The van der Waals surface area contributed by atoms with Gasteiger partial charge >= 0.3 is 0 Å². The van der Waals surface area contributed by atoms with Crippen LogP contribution in [0.15, 0.2) is 55.2 Å². The maximum absolute atomic E-state index is 12.9. The summed E-state index contributed by atoms with van der Waals surface area (Å²) in [5, 5.41) is 8.21. The van der Waals surface area contributed by atoms with Gasteiger partial charge in [-0.3, -0.25) is 9.36 Å². The Bertz CT molecular complexity index is 898. The number of pyridine rings is 1. The quantitative estimate of drug-likeness (QED) is 0.709. The fourth-order valence-corrected chi connectivity index (χ4v) is 3.03. The molecular formula is C18H16ClN5O2. The number of ether oxygens (including phenoxy) is 1. The highest BCUT2D eigenvalue weighted by Crippen LogP contribution is 2.24. The van der Waals surface area contributed by atoms with Crippen LogP contribution < -0.4 is 0 Å². The third-order valence-corrected chi connectivity index (χ3v) is 4.52. The summed E-state index contributed by atoms with van der Waals surface area (Å²) in [6.07, 6.45) is 4.54. The third kappa shape index (κ3) is 3.44. The number of benzene rings is 1. The van der Waals surface area contributed by atoms with E-state index in [2.05, 4.69) is 15.2 Å². The number of hydrogen-bond acceptors (Lipinski definition) is 5. The van der Waals surface area contributed by atoms with Crippen LogP contribution in [0.1, 0.15) is 22.0 Å². The molecule has 1 atom stereocenters. The summed E-state index contributed by atoms with van der Waals surface area (Å²) in [4.78, 5) is 19.0. The van der Waals surface area contributed by atoms with Crippen molar-refractivity contribution in [2.24, 2.45) is 0 Å². The van der Waals surface area contributed by atoms with Gasteiger partial charge in [0.05, 0.1) is 13.2 Å². The largest absolute Gasteiger partial charge is 0.370 e. The van der Waals surface area contributed by atoms with E-state index in [4.69, 9.17) is 16.3 Å². The zero-order valence-corrected chi connectivity index (χ0v) is 14.6. The molecule has 0 spiro atoms. The van der Waals surface area contributed by atoms with Crippen molar-refractivity contribution in [2.45, 2.75) is 6.10 Å². The van der Waals surface area contributed by atoms with Gasteiger partial charge in [0.2, 0.25) is 0 Å². The van der Waals surface area contributed by atoms with Crippen LogP contribution in [-0.2, 0) is 4.74 Å². The number of carbonyl (C=O) groups excluding carboxylic acids is 1. The molecule has 4 rings (SSSR count). The second-order valence-corrected chi connectivity index (χ2v) is 6.37. The smallest absolute Gasteiger partial charge is 0.254 e. The normalized spacial score (nSPS) is 17.3. The highest BCUT2D eigenvalue weighted by Gasteiger charge is 2.26. The molecule has 1 saturated heterocycles. The maximum Gasteiger partial charge on any atom is 0.254 e. The Balaban J connectivity index is 1.52. The highest BCUT2D eigenvalue weighted by atomic mass is 35.5. The Labute approximate surface area is 155 Å². The van der Waals surface area contributed by atoms with Crippen LogP contribution in [0.2, 0.25) is 5.02 Å². The predicted octanol–water partition coefficient (Wildman–Crippen LogP) is 2.53. The summed E-state index contributed by atoms with van der Waals surface area (Å²) in [6, 6.07) is 11.0. The van der Waals surface area contributed by atoms with Gasteiger partial charge in [0, 0.05) is 23.3 Å². The molecule has 1 fully saturated rings. The summed E-state index contributed by atoms with van der Waals surface area (Å²) in [7, 11) is 0. The molecule has 26 heavy (non-hydrogen) atoms. The number of nitrogens with zero attached hydrogens (tertiary/aromatic N) is 5. The molecule has 0 radical (unpaired) electrons. The molecule has 3 heterocycles. The van der Waals surface area contributed by atoms with Crippen molar-refractivity contribution in [2.75, 3.05) is 19.7 Å². The predicted molar refractivity (Wildman–Crippen MR) is 95.2 cm³/mol. The number of aromatic nitrogens is 4. The first-order chi connectivity index (χ1) is 12.7. The molecule has 0 unspecified atom stereocenters. The van der Waals surface area contributed by atoms with E-state index in [1.54, 1.807) is 40.5 Å². The minimum Gasteiger partial charge on any atom is -0.370 e. The Morgan fingerprint density at radius 2 is 1.92 bits per heavy atom. The van der Waals surface area contributed by atoms with E-state index in [9.17, 15) is 4.79 Å². The topological polar surface area (TPSA) is 73.1 Å². The van der Waals surface area contributed by atoms with E-state index in [-0.39, 0.29) is 12.0 Å². The lowest BCUT2D eigenvalue weighted by atomic mass is 10.1. The summed E-state index contributed by atoms with van der Waals surface area (Å²) < 4.78 is 7.49. The lowest BCUT2D eigenvalue weighted by molar-refractivity contribution is -0.0228. The second kappa shape index (κ2) is 7.23. The molecule has 8 heteroatoms. The van der Waals surface area contributed by atoms with Crippen molar-refractivity contribution in [3.05, 3.63) is 71.4 Å². The lowest BCUT2D eigenvalue weighted by Crippen LogP contribution is -2.42. The zero-order valence-electron chi connectivity index (χ0n) is 13.8. The molecule has 1 aliphatic rings. The van der Waals surface area contributed by atoms with Gasteiger partial charge in [-0.05, 0) is 29.8 Å². The van der Waals surface area contributed by atoms with Crippen LogP contribution in [0, 0.1) is 0 Å². The molecule has 3 aromatic rings. The Morgan fingerprint density at radius 1 is 1.15 bits per heavy atom. The van der Waals surface area contributed by atoms with Crippen molar-refractivity contribution < 1.29 is 9.53 Å². The first kappa shape index (κ1) is 16.7. The zero-order chi connectivity index (χ0) is 17.9. The molecule has 0 bridgehead atoms. The Morgan fingerprint density at radius 3 is 2.69 bits per heavy atom. The first-order valence-electron chi connectivity index (χ1n) is 8.18. The molecule has 1 aromatic carbocycles. The van der Waals surface area contributed by atoms with Gasteiger partial charge in [0.1, 0.15) is 24.6 Å². The van der Waals surface area contributed by atoms with Gasteiger partial charge in [0.15, 0.2) is 0 Å². The highest BCUT2D eigenvalue weighted by molar-refractivity contribution is 6.30. The van der Waals surface area contributed by atoms with Gasteiger partial charge in [0.25, 0.3) is 5.91 Å². The molecule has 0 aliphatic carbocycles. The second-order valence-electron chi connectivity index (χ2n) is 5.93. The van der Waals surface area contributed by atoms with Crippen molar-refractivity contribution in [1.82, 2.24) is 24.6 Å². The number of rotatable bonds is 3. The van der Waals surface area contributed by atoms with Crippen molar-refractivity contribution in [3.8, 4) is 5.82 Å². The van der Waals surface area contributed by atoms with E-state index >= 15 is 0 Å². The Hall–Kier alpha value is -2.77. The molecule has 132 valence electrons. The van der Waals surface area contributed by atoms with Gasteiger partial charge in [-0.15, -0.1) is 10.2 Å². The summed E-state index contributed by atoms with van der Waals surface area (Å²) in [5.41, 5.74) is 1.58. The third-order valence-electron chi connectivity index (χ3n) is 4.27. The molecule has 1 amide bonds. The molecule has 1 aliphatic heterocycles. The Kier molecular flexibility index (Phi) is 4.64. The summed E-state index contributed by atoms with van der Waals surface area (Å²) in [5.74, 6) is 0.548. The average molecular weight is 370 g/mol. The van der Waals surface area contributed by atoms with Crippen molar-refractivity contribution in [1.29, 1.82) is 0 Å². The van der Waals surface area contributed by atoms with E-state index < -0.39 is 0 Å². The monoisotopic (exact) mass is 369 g/mol. The van der Waals surface area contributed by atoms with Crippen LogP contribution in [0.3, 0.4) is 0 Å². The van der Waals surface area contributed by atoms with E-state index in [0.717, 1.165) is 5.56 Å². The van der Waals surface area contributed by atoms with E-state index in [1.165, 1.54) is 0 Å². The maximum atomic E-state index is 12.9. The van der Waals surface area contributed by atoms with Gasteiger partial charge in [-0.25, -0.2) is 4.98 Å². The molecule has 7 nitrogen and oxygen atoms in total. The fraction of sp³-hybridized carbons (Fsp3) is 0.222. The van der Waals surface area contributed by atoms with Crippen LogP contribution >= 0.6 is 11.6 Å². The van der Waals surface area contributed by atoms with Crippen molar-refractivity contribution in [3.63, 3.8) is 0 Å². The summed E-state index contributed by atoms with van der Waals surface area (Å²) in [6.45, 7) is 1.53. The van der Waals surface area contributed by atoms with Gasteiger partial charge < -0.3 is 9.64 Å². The number of carbonyl (C=O) groups is 1. The fourth-order valence-electron chi connectivity index (χ4n) is 2.91. The average Bonchev–Trinajstić information content (AvgIpc) is 3.23. The van der Waals surface area contributed by atoms with Crippen LogP contribution in [0.5, 0.6) is 0 Å². The first-order valence-corrected chi connectivity index (χ1v) is 8.56. The number of halogens is 1. The molecule has 0 N–H and O–H groups in total. The van der Waals surface area contributed by atoms with E-state index in [0.29, 0.717) is 36.1 Å². The van der Waals surface area contributed by atoms with Crippen LogP contribution in [0.4, 0.5) is 0 Å². The van der Waals surface area contributed by atoms with Gasteiger partial charge in [-0.2, -0.15) is 0 Å². The number of hydrogen-bond donors (Lipinski definition) is 0. The van der Waals surface area contributed by atoms with Gasteiger partial charge in [-0.1, -0.05) is 23.7 Å². The molecular weight excluding hydrogens is 354 g/mol. The van der Waals surface area contributed by atoms with Crippen LogP contribution in [0.25, 0.3) is 5.82 Å². The van der Waals surface area contributed by atoms with Crippen LogP contribution in [-0.4, -0.2) is 50.3 Å². The van der Waals surface area contributed by atoms with Crippen molar-refractivity contribution >= 4 is 17.5 Å². The molecule has 0 saturated carbocycles. The minimum atomic E-state index is -0.163. The SMILES string of the molecule is O=C(c1ccnc(-n2cnnc2)c1)N1CCO[C@@H](c2ccc(Cl)cc2)C1.